The fraction of sp³-hybridized carbons (Fsp3) is 0.483. The number of β-amino-alcohol motifs (C(OH)–C–C–N with tert-alkyl or cyclic N) is 1. The minimum atomic E-state index is -4.95. The van der Waals surface area contributed by atoms with Crippen LogP contribution in [-0.2, 0) is 13.2 Å². The second kappa shape index (κ2) is 12.6. The summed E-state index contributed by atoms with van der Waals surface area (Å²) in [6, 6.07) is 1.80. The molecule has 19 heteroatoms. The Morgan fingerprint density at radius 2 is 1.81 bits per heavy atom. The van der Waals surface area contributed by atoms with Gasteiger partial charge in [0, 0.05) is 57.6 Å². The van der Waals surface area contributed by atoms with E-state index in [4.69, 9.17) is 11.6 Å². The Bertz CT molecular complexity index is 1740. The van der Waals surface area contributed by atoms with E-state index in [-0.39, 0.29) is 45.9 Å². The summed E-state index contributed by atoms with van der Waals surface area (Å²) >= 11 is 6.37. The number of benzene rings is 1. The number of urea groups is 1. The fourth-order valence-electron chi connectivity index (χ4n) is 5.82. The van der Waals surface area contributed by atoms with Crippen molar-refractivity contribution >= 4 is 35.1 Å². The standard InChI is InChI=1S/C29H31ClF5N9O4/c1-42-20(17-13-44(22-9-28(22,31)32)41-23(17)29(33,34)35)11-37-24(42)26(47)39-15-2-3-16(18(30)8-15)25(46)38-14-4-6-43(7-5-14)27(48)40-19-10-36-12-21(19)45/h2-3,8,11,13-14,19,21-22,36,45H,4-7,9-10,12H2,1H3,(H,38,46)(H,39,47)(H,40,48). The van der Waals surface area contributed by atoms with Gasteiger partial charge in [-0.1, -0.05) is 11.6 Å². The zero-order valence-electron chi connectivity index (χ0n) is 25.3. The lowest BCUT2D eigenvalue weighted by Crippen LogP contribution is -2.53. The van der Waals surface area contributed by atoms with Gasteiger partial charge in [0.05, 0.1) is 40.2 Å². The second-order valence-electron chi connectivity index (χ2n) is 12.0. The number of aliphatic hydroxyl groups is 1. The Morgan fingerprint density at radius 1 is 1.10 bits per heavy atom. The highest BCUT2D eigenvalue weighted by Gasteiger charge is 2.59. The van der Waals surface area contributed by atoms with Gasteiger partial charge in [0.2, 0.25) is 0 Å². The molecule has 1 aliphatic carbocycles. The van der Waals surface area contributed by atoms with Gasteiger partial charge in [-0.25, -0.2) is 18.6 Å². The fourth-order valence-corrected chi connectivity index (χ4v) is 6.09. The van der Waals surface area contributed by atoms with E-state index in [2.05, 4.69) is 31.3 Å². The number of nitrogens with zero attached hydrogens (tertiary/aromatic N) is 5. The van der Waals surface area contributed by atoms with Crippen LogP contribution in [0.15, 0.2) is 30.6 Å². The Kier molecular flexibility index (Phi) is 8.84. The zero-order valence-corrected chi connectivity index (χ0v) is 26.1. The van der Waals surface area contributed by atoms with E-state index in [1.54, 1.807) is 4.90 Å². The summed E-state index contributed by atoms with van der Waals surface area (Å²) in [4.78, 5) is 44.1. The van der Waals surface area contributed by atoms with Crippen LogP contribution < -0.4 is 21.3 Å². The molecule has 3 unspecified atom stereocenters. The van der Waals surface area contributed by atoms with Gasteiger partial charge >= 0.3 is 12.2 Å². The van der Waals surface area contributed by atoms with Crippen molar-refractivity contribution in [2.45, 2.75) is 55.6 Å². The molecule has 6 rings (SSSR count). The van der Waals surface area contributed by atoms with E-state index in [0.717, 1.165) is 17.0 Å². The topological polar surface area (TPSA) is 158 Å². The number of likely N-dealkylation sites (tertiary alicyclic amines) is 1. The largest absolute Gasteiger partial charge is 0.435 e. The molecule has 2 saturated heterocycles. The van der Waals surface area contributed by atoms with Crippen LogP contribution in [0.5, 0.6) is 0 Å². The van der Waals surface area contributed by atoms with Crippen LogP contribution >= 0.6 is 11.6 Å². The molecule has 3 aromatic rings. The molecular formula is C29H31ClF5N9O4. The van der Waals surface area contributed by atoms with Crippen LogP contribution in [0.3, 0.4) is 0 Å². The third-order valence-electron chi connectivity index (χ3n) is 8.66. The third-order valence-corrected chi connectivity index (χ3v) is 8.97. The van der Waals surface area contributed by atoms with Crippen LogP contribution in [0, 0.1) is 0 Å². The van der Waals surface area contributed by atoms with Crippen molar-refractivity contribution in [1.82, 2.24) is 40.2 Å². The van der Waals surface area contributed by atoms with E-state index >= 15 is 0 Å². The minimum Gasteiger partial charge on any atom is -0.390 e. The summed E-state index contributed by atoms with van der Waals surface area (Å²) < 4.78 is 70.0. The van der Waals surface area contributed by atoms with Crippen LogP contribution in [0.2, 0.25) is 5.02 Å². The predicted octanol–water partition coefficient (Wildman–Crippen LogP) is 3.02. The highest BCUT2D eigenvalue weighted by atomic mass is 35.5. The maximum atomic E-state index is 13.7. The molecule has 0 radical (unpaired) electrons. The lowest BCUT2D eigenvalue weighted by Gasteiger charge is -2.33. The molecule has 3 atom stereocenters. The summed E-state index contributed by atoms with van der Waals surface area (Å²) in [5.41, 5.74) is -1.74. The molecule has 2 aliphatic heterocycles. The number of piperidine rings is 1. The smallest absolute Gasteiger partial charge is 0.390 e. The molecule has 0 bridgehead atoms. The number of hydrogen-bond acceptors (Lipinski definition) is 7. The number of anilines is 1. The molecule has 3 fully saturated rings. The Balaban J connectivity index is 1.06. The average molecular weight is 700 g/mol. The van der Waals surface area contributed by atoms with Gasteiger partial charge in [-0.3, -0.25) is 14.3 Å². The number of amides is 4. The number of carbonyl (C=O) groups is 3. The SMILES string of the molecule is Cn1c(-c2cn(C3CC3(F)F)nc2C(F)(F)F)cnc1C(=O)Nc1ccc(C(=O)NC2CCN(C(=O)NC3CNCC3O)CC2)c(Cl)c1. The van der Waals surface area contributed by atoms with Gasteiger partial charge in [-0.2, -0.15) is 18.3 Å². The van der Waals surface area contributed by atoms with Crippen molar-refractivity contribution in [1.29, 1.82) is 0 Å². The van der Waals surface area contributed by atoms with Gasteiger partial charge in [0.25, 0.3) is 17.7 Å². The van der Waals surface area contributed by atoms with E-state index in [1.165, 1.54) is 25.2 Å². The van der Waals surface area contributed by atoms with Gasteiger partial charge in [-0.15, -0.1) is 0 Å². The Morgan fingerprint density at radius 3 is 2.42 bits per heavy atom. The van der Waals surface area contributed by atoms with Gasteiger partial charge in [0.15, 0.2) is 11.5 Å². The normalized spacial score (nSPS) is 22.4. The number of alkyl halides is 5. The minimum absolute atomic E-state index is 0.0190. The number of imidazole rings is 1. The molecule has 4 heterocycles. The number of aromatic nitrogens is 4. The molecule has 258 valence electrons. The summed E-state index contributed by atoms with van der Waals surface area (Å²) in [5, 5.41) is 24.5. The van der Waals surface area contributed by atoms with Crippen LogP contribution in [0.4, 0.5) is 32.4 Å². The van der Waals surface area contributed by atoms with Crippen molar-refractivity contribution in [2.24, 2.45) is 7.05 Å². The van der Waals surface area contributed by atoms with Gasteiger partial charge in [-0.05, 0) is 31.0 Å². The lowest BCUT2D eigenvalue weighted by molar-refractivity contribution is -0.141. The number of halogens is 6. The van der Waals surface area contributed by atoms with Gasteiger partial charge < -0.3 is 35.8 Å². The van der Waals surface area contributed by atoms with E-state index in [9.17, 15) is 41.4 Å². The molecule has 1 saturated carbocycles. The van der Waals surface area contributed by atoms with Crippen LogP contribution in [0.25, 0.3) is 11.3 Å². The number of nitrogens with one attached hydrogen (secondary N) is 4. The van der Waals surface area contributed by atoms with Crippen molar-refractivity contribution in [3.63, 3.8) is 0 Å². The molecule has 3 aliphatic rings. The first-order valence-corrected chi connectivity index (χ1v) is 15.4. The maximum Gasteiger partial charge on any atom is 0.435 e. The van der Waals surface area contributed by atoms with E-state index in [0.29, 0.717) is 43.7 Å². The molecule has 5 N–H and O–H groups in total. The van der Waals surface area contributed by atoms with E-state index in [1.807, 2.05) is 0 Å². The number of aliphatic hydroxyl groups excluding tert-OH is 1. The monoisotopic (exact) mass is 699 g/mol. The summed E-state index contributed by atoms with van der Waals surface area (Å²) in [6.07, 6.45) is -3.33. The molecule has 1 aromatic carbocycles. The van der Waals surface area contributed by atoms with Crippen molar-refractivity contribution in [3.05, 3.63) is 52.7 Å². The highest BCUT2D eigenvalue weighted by molar-refractivity contribution is 6.34. The molecule has 2 aromatic heterocycles. The average Bonchev–Trinajstić information content (AvgIpc) is 3.41. The first kappa shape index (κ1) is 33.6. The molecule has 4 amide bonds. The lowest BCUT2D eigenvalue weighted by atomic mass is 10.0. The van der Waals surface area contributed by atoms with Crippen molar-refractivity contribution in [2.75, 3.05) is 31.5 Å². The summed E-state index contributed by atoms with van der Waals surface area (Å²) in [5.74, 6) is -4.70. The molecule has 13 nitrogen and oxygen atoms in total. The van der Waals surface area contributed by atoms with E-state index < -0.39 is 53.7 Å². The summed E-state index contributed by atoms with van der Waals surface area (Å²) in [6.45, 7) is 1.70. The van der Waals surface area contributed by atoms with Crippen molar-refractivity contribution in [3.8, 4) is 11.3 Å². The molecule has 0 spiro atoms. The number of hydrogen-bond donors (Lipinski definition) is 5. The van der Waals surface area contributed by atoms with Crippen LogP contribution in [0.1, 0.15) is 52.0 Å². The molecular weight excluding hydrogens is 669 g/mol. The summed E-state index contributed by atoms with van der Waals surface area (Å²) in [7, 11) is 1.30. The Labute approximate surface area is 274 Å². The quantitative estimate of drug-likeness (QED) is 0.237. The Hall–Kier alpha value is -4.29. The first-order chi connectivity index (χ1) is 22.6. The number of rotatable bonds is 7. The van der Waals surface area contributed by atoms with Crippen LogP contribution in [-0.4, -0.2) is 97.5 Å². The van der Waals surface area contributed by atoms with Crippen molar-refractivity contribution < 1.29 is 41.4 Å². The zero-order chi connectivity index (χ0) is 34.5. The van der Waals surface area contributed by atoms with Gasteiger partial charge in [0.1, 0.15) is 6.04 Å². The highest BCUT2D eigenvalue weighted by Crippen LogP contribution is 2.53. The number of carbonyl (C=O) groups excluding carboxylic acids is 3. The third kappa shape index (κ3) is 6.82. The molecule has 48 heavy (non-hydrogen) atoms. The predicted molar refractivity (Wildman–Crippen MR) is 161 cm³/mol. The first-order valence-electron chi connectivity index (χ1n) is 15.0. The second-order valence-corrected chi connectivity index (χ2v) is 12.4. The maximum absolute atomic E-state index is 13.7.